The maximum Gasteiger partial charge on any atom is 0.0736 e. The number of hydrogen-bond acceptors (Lipinski definition) is 2. The average Bonchev–Trinajstić information content (AvgIpc) is 2.17. The second-order valence-corrected chi connectivity index (χ2v) is 2.91. The molecule has 2 nitrogen and oxygen atoms in total. The zero-order chi connectivity index (χ0) is 9.52. The molecule has 1 atom stereocenters. The van der Waals surface area contributed by atoms with Crippen molar-refractivity contribution in [2.75, 3.05) is 6.54 Å². The van der Waals surface area contributed by atoms with Crippen molar-refractivity contribution < 1.29 is 5.11 Å². The third-order valence-corrected chi connectivity index (χ3v) is 1.77. The van der Waals surface area contributed by atoms with Crippen molar-refractivity contribution in [1.29, 1.82) is 0 Å². The molecule has 0 bridgehead atoms. The largest absolute Gasteiger partial charge is 0.389 e. The van der Waals surface area contributed by atoms with Gasteiger partial charge in [0.1, 0.15) is 0 Å². The van der Waals surface area contributed by atoms with Crippen LogP contribution < -0.4 is 5.73 Å². The highest BCUT2D eigenvalue weighted by molar-refractivity contribution is 5.49. The van der Waals surface area contributed by atoms with E-state index in [1.165, 1.54) is 0 Å². The summed E-state index contributed by atoms with van der Waals surface area (Å²) < 4.78 is 0. The van der Waals surface area contributed by atoms with E-state index in [0.29, 0.717) is 13.0 Å². The molecule has 0 aromatic heterocycles. The Morgan fingerprint density at radius 3 is 2.62 bits per heavy atom. The first-order chi connectivity index (χ1) is 6.33. The molecule has 0 fully saturated rings. The van der Waals surface area contributed by atoms with Crippen LogP contribution in [0.3, 0.4) is 0 Å². The van der Waals surface area contributed by atoms with Gasteiger partial charge in [-0.25, -0.2) is 0 Å². The summed E-state index contributed by atoms with van der Waals surface area (Å²) >= 11 is 0. The molecule has 1 aromatic carbocycles. The van der Waals surface area contributed by atoms with Crippen LogP contribution in [-0.2, 0) is 0 Å². The van der Waals surface area contributed by atoms with Crippen molar-refractivity contribution >= 4 is 6.08 Å². The molecule has 1 aromatic rings. The van der Waals surface area contributed by atoms with Crippen LogP contribution in [0.4, 0.5) is 0 Å². The van der Waals surface area contributed by atoms with Crippen LogP contribution in [0, 0.1) is 0 Å². The minimum absolute atomic E-state index is 0.426. The molecular weight excluding hydrogens is 162 g/mol. The fourth-order valence-electron chi connectivity index (χ4n) is 1.05. The topological polar surface area (TPSA) is 46.2 Å². The van der Waals surface area contributed by atoms with Crippen LogP contribution in [0.5, 0.6) is 0 Å². The van der Waals surface area contributed by atoms with Crippen molar-refractivity contribution in [2.45, 2.75) is 12.5 Å². The van der Waals surface area contributed by atoms with Crippen LogP contribution in [0.1, 0.15) is 12.0 Å². The summed E-state index contributed by atoms with van der Waals surface area (Å²) in [7, 11) is 0. The molecule has 0 unspecified atom stereocenters. The molecule has 13 heavy (non-hydrogen) atoms. The molecule has 0 aliphatic rings. The van der Waals surface area contributed by atoms with Crippen molar-refractivity contribution in [1.82, 2.24) is 0 Å². The molecule has 70 valence electrons. The van der Waals surface area contributed by atoms with Gasteiger partial charge in [0.2, 0.25) is 0 Å². The number of rotatable bonds is 4. The maximum atomic E-state index is 9.34. The van der Waals surface area contributed by atoms with Gasteiger partial charge >= 0.3 is 0 Å². The molecule has 0 saturated heterocycles. The Balaban J connectivity index is 2.49. The lowest BCUT2D eigenvalue weighted by atomic mass is 10.1. The third kappa shape index (κ3) is 3.87. The Morgan fingerprint density at radius 1 is 1.31 bits per heavy atom. The lowest BCUT2D eigenvalue weighted by molar-refractivity contribution is 0.216. The van der Waals surface area contributed by atoms with Gasteiger partial charge in [0.25, 0.3) is 0 Å². The Bertz CT molecular complexity index is 256. The Morgan fingerprint density at radius 2 is 2.00 bits per heavy atom. The van der Waals surface area contributed by atoms with Gasteiger partial charge in [-0.3, -0.25) is 0 Å². The smallest absolute Gasteiger partial charge is 0.0736 e. The zero-order valence-electron chi connectivity index (χ0n) is 7.56. The van der Waals surface area contributed by atoms with E-state index in [1.54, 1.807) is 6.08 Å². The van der Waals surface area contributed by atoms with Gasteiger partial charge in [0.05, 0.1) is 6.10 Å². The van der Waals surface area contributed by atoms with Crippen molar-refractivity contribution in [2.24, 2.45) is 5.73 Å². The summed E-state index contributed by atoms with van der Waals surface area (Å²) in [6.45, 7) is 0.514. The number of hydrogen-bond donors (Lipinski definition) is 2. The van der Waals surface area contributed by atoms with E-state index < -0.39 is 6.10 Å². The number of benzene rings is 1. The summed E-state index contributed by atoms with van der Waals surface area (Å²) in [6.07, 6.45) is 3.86. The van der Waals surface area contributed by atoms with Crippen LogP contribution in [0.15, 0.2) is 36.4 Å². The van der Waals surface area contributed by atoms with E-state index in [4.69, 9.17) is 5.73 Å². The molecular formula is C11H15NO. The van der Waals surface area contributed by atoms with E-state index in [-0.39, 0.29) is 0 Å². The molecule has 0 heterocycles. The average molecular weight is 177 g/mol. The number of aliphatic hydroxyl groups excluding tert-OH is 1. The van der Waals surface area contributed by atoms with Crippen LogP contribution in [0.25, 0.3) is 6.08 Å². The highest BCUT2D eigenvalue weighted by Gasteiger charge is 1.94. The monoisotopic (exact) mass is 177 g/mol. The van der Waals surface area contributed by atoms with Crippen LogP contribution >= 0.6 is 0 Å². The molecule has 2 heteroatoms. The Labute approximate surface area is 78.7 Å². The first-order valence-electron chi connectivity index (χ1n) is 4.44. The van der Waals surface area contributed by atoms with Crippen molar-refractivity contribution in [3.05, 3.63) is 42.0 Å². The van der Waals surface area contributed by atoms with Crippen LogP contribution in [-0.4, -0.2) is 17.8 Å². The molecule has 0 radical (unpaired) electrons. The fraction of sp³-hybridized carbons (Fsp3) is 0.273. The summed E-state index contributed by atoms with van der Waals surface area (Å²) in [4.78, 5) is 0. The molecule has 0 amide bonds. The Kier molecular flexibility index (Phi) is 4.23. The van der Waals surface area contributed by atoms with Gasteiger partial charge in [-0.15, -0.1) is 0 Å². The van der Waals surface area contributed by atoms with E-state index in [1.807, 2.05) is 36.4 Å². The highest BCUT2D eigenvalue weighted by atomic mass is 16.3. The quantitative estimate of drug-likeness (QED) is 0.730. The summed E-state index contributed by atoms with van der Waals surface area (Å²) in [5.74, 6) is 0. The standard InChI is InChI=1S/C11H15NO/c12-9-8-11(13)7-6-10-4-2-1-3-5-10/h1-7,11,13H,8-9,12H2/b7-6+/t11-/m1/s1. The summed E-state index contributed by atoms with van der Waals surface area (Å²) in [5, 5.41) is 9.34. The third-order valence-electron chi connectivity index (χ3n) is 1.77. The number of nitrogens with two attached hydrogens (primary N) is 1. The van der Waals surface area contributed by atoms with Gasteiger partial charge in [-0.2, -0.15) is 0 Å². The summed E-state index contributed by atoms with van der Waals surface area (Å²) in [6, 6.07) is 9.88. The van der Waals surface area contributed by atoms with Gasteiger partial charge in [0.15, 0.2) is 0 Å². The highest BCUT2D eigenvalue weighted by Crippen LogP contribution is 2.02. The predicted molar refractivity (Wildman–Crippen MR) is 55.2 cm³/mol. The zero-order valence-corrected chi connectivity index (χ0v) is 7.56. The minimum atomic E-state index is -0.426. The van der Waals surface area contributed by atoms with E-state index in [9.17, 15) is 5.11 Å². The Hall–Kier alpha value is -1.12. The van der Waals surface area contributed by atoms with Gasteiger partial charge in [-0.1, -0.05) is 42.5 Å². The second kappa shape index (κ2) is 5.51. The predicted octanol–water partition coefficient (Wildman–Crippen LogP) is 1.41. The SMILES string of the molecule is NCC[C@H](O)/C=C/c1ccccc1. The van der Waals surface area contributed by atoms with Crippen molar-refractivity contribution in [3.63, 3.8) is 0 Å². The molecule has 1 rings (SSSR count). The van der Waals surface area contributed by atoms with Gasteiger partial charge in [-0.05, 0) is 18.5 Å². The lowest BCUT2D eigenvalue weighted by Crippen LogP contribution is -2.10. The van der Waals surface area contributed by atoms with Crippen molar-refractivity contribution in [3.8, 4) is 0 Å². The maximum absolute atomic E-state index is 9.34. The normalized spacial score (nSPS) is 13.4. The van der Waals surface area contributed by atoms with E-state index in [2.05, 4.69) is 0 Å². The molecule has 0 aliphatic heterocycles. The van der Waals surface area contributed by atoms with Gasteiger partial charge in [0, 0.05) is 0 Å². The lowest BCUT2D eigenvalue weighted by Gasteiger charge is -2.01. The molecule has 0 spiro atoms. The minimum Gasteiger partial charge on any atom is -0.389 e. The molecule has 3 N–H and O–H groups in total. The van der Waals surface area contributed by atoms with E-state index in [0.717, 1.165) is 5.56 Å². The van der Waals surface area contributed by atoms with E-state index >= 15 is 0 Å². The second-order valence-electron chi connectivity index (χ2n) is 2.91. The first-order valence-corrected chi connectivity index (χ1v) is 4.44. The number of aliphatic hydroxyl groups is 1. The fourth-order valence-corrected chi connectivity index (χ4v) is 1.05. The summed E-state index contributed by atoms with van der Waals surface area (Å²) in [5.41, 5.74) is 6.40. The molecule has 0 aliphatic carbocycles. The van der Waals surface area contributed by atoms with Crippen LogP contribution in [0.2, 0.25) is 0 Å². The first kappa shape index (κ1) is 9.96. The molecule has 0 saturated carbocycles. The van der Waals surface area contributed by atoms with Gasteiger partial charge < -0.3 is 10.8 Å².